The molecule has 2 fully saturated rings. The van der Waals surface area contributed by atoms with Gasteiger partial charge in [0.2, 0.25) is 0 Å². The van der Waals surface area contributed by atoms with E-state index in [1.54, 1.807) is 0 Å². The minimum Gasteiger partial charge on any atom is -0.298 e. The topological polar surface area (TPSA) is 53.8 Å². The molecule has 3 nitrogen and oxygen atoms in total. The first-order chi connectivity index (χ1) is 14.7. The number of rotatable bonds is 0. The van der Waals surface area contributed by atoms with Gasteiger partial charge in [-0.25, -0.2) is 0 Å². The van der Waals surface area contributed by atoms with Crippen LogP contribution in [0.5, 0.6) is 0 Å². The Morgan fingerprint density at radius 1 is 0.833 bits per heavy atom. The zero-order chi connectivity index (χ0) is 20.3. The van der Waals surface area contributed by atoms with Crippen LogP contribution in [0.15, 0.2) is 36.5 Å². The summed E-state index contributed by atoms with van der Waals surface area (Å²) in [7, 11) is 0. The second-order valence-electron chi connectivity index (χ2n) is 9.64. The van der Waals surface area contributed by atoms with E-state index in [0.717, 1.165) is 73.0 Å². The average Bonchev–Trinajstić information content (AvgIpc) is 2.99. The van der Waals surface area contributed by atoms with Crippen molar-refractivity contribution in [2.24, 2.45) is 0 Å². The molecule has 3 aromatic rings. The van der Waals surface area contributed by atoms with Gasteiger partial charge in [0, 0.05) is 22.4 Å². The van der Waals surface area contributed by atoms with Gasteiger partial charge in [0.1, 0.15) is 0 Å². The van der Waals surface area contributed by atoms with Crippen molar-refractivity contribution in [1.29, 1.82) is 5.26 Å². The van der Waals surface area contributed by atoms with E-state index in [0.29, 0.717) is 11.3 Å². The second kappa shape index (κ2) is 6.38. The van der Waals surface area contributed by atoms with E-state index < -0.39 is 0 Å². The van der Waals surface area contributed by atoms with E-state index in [1.807, 2.05) is 30.5 Å². The molecule has 1 heterocycles. The molecule has 3 aliphatic rings. The number of pyridine rings is 1. The summed E-state index contributed by atoms with van der Waals surface area (Å²) in [4.78, 5) is 19.2. The van der Waals surface area contributed by atoms with Crippen LogP contribution in [-0.2, 0) is 15.6 Å². The van der Waals surface area contributed by atoms with Crippen molar-refractivity contribution < 1.29 is 4.79 Å². The quantitative estimate of drug-likeness (QED) is 0.424. The Kier molecular flexibility index (Phi) is 3.84. The van der Waals surface area contributed by atoms with Crippen LogP contribution < -0.4 is 0 Å². The monoisotopic (exact) mass is 394 g/mol. The number of hydrogen-bond donors (Lipinski definition) is 0. The molecule has 0 unspecified atom stereocenters. The number of aromatic nitrogens is 1. The molecule has 0 radical (unpaired) electrons. The van der Waals surface area contributed by atoms with Crippen molar-refractivity contribution in [3.63, 3.8) is 0 Å². The van der Waals surface area contributed by atoms with Crippen LogP contribution in [-0.4, -0.2) is 10.8 Å². The highest BCUT2D eigenvalue weighted by Gasteiger charge is 2.60. The number of hydrogen-bond acceptors (Lipinski definition) is 3. The number of benzene rings is 2. The van der Waals surface area contributed by atoms with Gasteiger partial charge < -0.3 is 0 Å². The van der Waals surface area contributed by atoms with Crippen molar-refractivity contribution >= 4 is 27.5 Å². The Hall–Kier alpha value is -2.73. The van der Waals surface area contributed by atoms with Gasteiger partial charge in [0.15, 0.2) is 5.78 Å². The Labute approximate surface area is 177 Å². The van der Waals surface area contributed by atoms with E-state index in [4.69, 9.17) is 4.98 Å². The molecule has 0 saturated heterocycles. The zero-order valence-corrected chi connectivity index (χ0v) is 17.3. The molecule has 0 aliphatic heterocycles. The van der Waals surface area contributed by atoms with Crippen LogP contribution >= 0.6 is 0 Å². The van der Waals surface area contributed by atoms with Crippen LogP contribution in [0.4, 0.5) is 0 Å². The van der Waals surface area contributed by atoms with Crippen molar-refractivity contribution in [2.75, 3.05) is 0 Å². The average molecular weight is 395 g/mol. The molecule has 2 spiro atoms. The molecule has 0 amide bonds. The van der Waals surface area contributed by atoms with Crippen molar-refractivity contribution in [3.8, 4) is 6.07 Å². The summed E-state index contributed by atoms with van der Waals surface area (Å²) in [5.74, 6) is 0.477. The number of nitrogens with zero attached hydrogens (tertiary/aromatic N) is 2. The first-order valence-corrected chi connectivity index (χ1v) is 11.5. The zero-order valence-electron chi connectivity index (χ0n) is 17.3. The van der Waals surface area contributed by atoms with Gasteiger partial charge in [-0.05, 0) is 42.9 Å². The molecule has 2 saturated carbocycles. The highest BCUT2D eigenvalue weighted by Crippen LogP contribution is 2.59. The molecule has 3 aliphatic carbocycles. The summed E-state index contributed by atoms with van der Waals surface area (Å²) in [6.45, 7) is 0. The molecule has 2 aromatic carbocycles. The lowest BCUT2D eigenvalue weighted by Gasteiger charge is -2.38. The maximum atomic E-state index is 14.3. The summed E-state index contributed by atoms with van der Waals surface area (Å²) < 4.78 is 0. The smallest absolute Gasteiger partial charge is 0.153 e. The molecular weight excluding hydrogens is 368 g/mol. The molecule has 6 rings (SSSR count). The minimum atomic E-state index is -0.374. The van der Waals surface area contributed by atoms with E-state index in [-0.39, 0.29) is 10.8 Å². The Morgan fingerprint density at radius 3 is 2.13 bits per heavy atom. The third-order valence-corrected chi connectivity index (χ3v) is 8.28. The van der Waals surface area contributed by atoms with E-state index in [1.165, 1.54) is 24.0 Å². The molecule has 0 N–H and O–H groups in total. The van der Waals surface area contributed by atoms with Gasteiger partial charge in [-0.1, -0.05) is 62.8 Å². The number of carbonyl (C=O) groups is 1. The van der Waals surface area contributed by atoms with Gasteiger partial charge in [0.05, 0.1) is 28.0 Å². The standard InChI is InChI=1S/C27H26N2O/c28-16-18-15-21-23-22(17-29-24(21)20-10-4-3-9-19(18)20)26(11-5-1-6-12-26)25(30)27(23)13-7-2-8-14-27/h3-4,9-10,15,17H,1-2,5-8,11-14H2. The Bertz CT molecular complexity index is 1240. The molecular formula is C27H26N2O. The van der Waals surface area contributed by atoms with Crippen LogP contribution in [0, 0.1) is 11.3 Å². The number of fused-ring (bicyclic) bond motifs is 7. The van der Waals surface area contributed by atoms with Crippen molar-refractivity contribution in [2.45, 2.75) is 75.0 Å². The molecule has 150 valence electrons. The SMILES string of the molecule is N#Cc1cc2c3c(cnc2c2ccccc12)C1(CCCCC1)C(=O)C31CCCCC1. The number of Topliss-reactive ketones (excluding diaryl/α,β-unsaturated/α-hetero) is 1. The first-order valence-electron chi connectivity index (χ1n) is 11.5. The predicted molar refractivity (Wildman–Crippen MR) is 118 cm³/mol. The molecule has 3 heteroatoms. The van der Waals surface area contributed by atoms with E-state index >= 15 is 0 Å². The fraction of sp³-hybridized carbons (Fsp3) is 0.444. The van der Waals surface area contributed by atoms with Gasteiger partial charge in [-0.2, -0.15) is 5.26 Å². The van der Waals surface area contributed by atoms with Crippen LogP contribution in [0.2, 0.25) is 0 Å². The van der Waals surface area contributed by atoms with Crippen molar-refractivity contribution in [1.82, 2.24) is 4.98 Å². The predicted octanol–water partition coefficient (Wildman–Crippen LogP) is 6.25. The third kappa shape index (κ3) is 2.15. The molecule has 0 bridgehead atoms. The largest absolute Gasteiger partial charge is 0.298 e. The normalized spacial score (nSPS) is 21.9. The van der Waals surface area contributed by atoms with Crippen LogP contribution in [0.3, 0.4) is 0 Å². The molecule has 0 atom stereocenters. The lowest BCUT2D eigenvalue weighted by atomic mass is 9.63. The van der Waals surface area contributed by atoms with Crippen molar-refractivity contribution in [3.05, 3.63) is 53.2 Å². The van der Waals surface area contributed by atoms with Gasteiger partial charge in [0.25, 0.3) is 0 Å². The lowest BCUT2D eigenvalue weighted by Crippen LogP contribution is -2.44. The number of carbonyl (C=O) groups excluding carboxylic acids is 1. The highest BCUT2D eigenvalue weighted by atomic mass is 16.1. The van der Waals surface area contributed by atoms with E-state index in [2.05, 4.69) is 12.1 Å². The van der Waals surface area contributed by atoms with Gasteiger partial charge in [-0.3, -0.25) is 9.78 Å². The number of ketones is 1. The Balaban J connectivity index is 1.76. The van der Waals surface area contributed by atoms with Crippen LogP contribution in [0.25, 0.3) is 21.7 Å². The maximum absolute atomic E-state index is 14.3. The summed E-state index contributed by atoms with van der Waals surface area (Å²) in [5.41, 5.74) is 3.36. The minimum absolute atomic E-state index is 0.343. The molecule has 1 aromatic heterocycles. The fourth-order valence-corrected chi connectivity index (χ4v) is 6.98. The van der Waals surface area contributed by atoms with Gasteiger partial charge >= 0.3 is 0 Å². The van der Waals surface area contributed by atoms with Gasteiger partial charge in [-0.15, -0.1) is 0 Å². The summed E-state index contributed by atoms with van der Waals surface area (Å²) >= 11 is 0. The van der Waals surface area contributed by atoms with E-state index in [9.17, 15) is 10.1 Å². The van der Waals surface area contributed by atoms with Crippen LogP contribution in [0.1, 0.15) is 80.9 Å². The molecule has 30 heavy (non-hydrogen) atoms. The number of nitriles is 1. The highest BCUT2D eigenvalue weighted by molar-refractivity contribution is 6.14. The maximum Gasteiger partial charge on any atom is 0.153 e. The Morgan fingerprint density at radius 2 is 1.47 bits per heavy atom. The fourth-order valence-electron chi connectivity index (χ4n) is 6.98. The summed E-state index contributed by atoms with van der Waals surface area (Å²) in [6, 6.07) is 12.5. The third-order valence-electron chi connectivity index (χ3n) is 8.28. The summed E-state index contributed by atoms with van der Waals surface area (Å²) in [6.07, 6.45) is 12.8. The second-order valence-corrected chi connectivity index (χ2v) is 9.64. The summed E-state index contributed by atoms with van der Waals surface area (Å²) in [5, 5.41) is 12.9. The first kappa shape index (κ1) is 18.1. The lowest BCUT2D eigenvalue weighted by molar-refractivity contribution is -0.131.